The summed E-state index contributed by atoms with van der Waals surface area (Å²) in [5, 5.41) is 14.0. The van der Waals surface area contributed by atoms with Crippen LogP contribution in [0.4, 0.5) is 10.5 Å². The topological polar surface area (TPSA) is 140 Å². The predicted octanol–water partition coefficient (Wildman–Crippen LogP) is 3.91. The van der Waals surface area contributed by atoms with E-state index in [1.165, 1.54) is 35.8 Å². The number of esters is 2. The minimum Gasteiger partial charge on any atom is -0.469 e. The summed E-state index contributed by atoms with van der Waals surface area (Å²) in [6, 6.07) is 14.8. The van der Waals surface area contributed by atoms with Gasteiger partial charge in [0.25, 0.3) is 0 Å². The number of hydrogen-bond acceptors (Lipinski definition) is 11. The number of hydrogen-bond donors (Lipinski definition) is 2. The lowest BCUT2D eigenvalue weighted by atomic mass is 10.1. The molecule has 0 atom stereocenters. The summed E-state index contributed by atoms with van der Waals surface area (Å²) in [7, 11) is 5.71. The van der Waals surface area contributed by atoms with Crippen molar-refractivity contribution in [2.75, 3.05) is 57.3 Å². The number of rotatable bonds is 13. The van der Waals surface area contributed by atoms with Crippen LogP contribution >= 0.6 is 21.6 Å². The maximum atomic E-state index is 12.6. The van der Waals surface area contributed by atoms with Crippen LogP contribution in [0.2, 0.25) is 0 Å². The molecule has 1 aliphatic heterocycles. The van der Waals surface area contributed by atoms with Gasteiger partial charge in [-0.15, -0.1) is 0 Å². The second kappa shape index (κ2) is 15.4. The Morgan fingerprint density at radius 2 is 1.64 bits per heavy atom. The highest BCUT2D eigenvalue weighted by Crippen LogP contribution is 2.34. The SMILES string of the molecule is COC(=O)CC[N+](CCC(=O)OC)=c1ccc2nc3c(cc(NC(=O)OCCSSCCO)c4ccccc43)oc-2c1. The number of nitrogens with zero attached hydrogens (tertiary/aromatic N) is 2. The van der Waals surface area contributed by atoms with E-state index in [9.17, 15) is 14.4 Å². The smallest absolute Gasteiger partial charge is 0.411 e. The number of carbonyl (C=O) groups is 3. The van der Waals surface area contributed by atoms with E-state index in [1.54, 1.807) is 12.1 Å². The van der Waals surface area contributed by atoms with Crippen LogP contribution in [-0.4, -0.2) is 80.2 Å². The first-order valence-electron chi connectivity index (χ1n) is 13.2. The van der Waals surface area contributed by atoms with E-state index in [0.29, 0.717) is 52.8 Å². The van der Waals surface area contributed by atoms with Gasteiger partial charge < -0.3 is 23.7 Å². The third-order valence-electron chi connectivity index (χ3n) is 6.26. The number of amides is 1. The average molecular weight is 615 g/mol. The van der Waals surface area contributed by atoms with Crippen LogP contribution in [0, 0.1) is 0 Å². The molecule has 1 heterocycles. The number of aromatic nitrogens is 1. The van der Waals surface area contributed by atoms with Gasteiger partial charge in [-0.1, -0.05) is 45.9 Å². The number of aliphatic hydroxyl groups excluding tert-OH is 1. The molecule has 2 aromatic carbocycles. The Balaban J connectivity index is 1.69. The van der Waals surface area contributed by atoms with Crippen LogP contribution in [0.25, 0.3) is 33.3 Å². The van der Waals surface area contributed by atoms with Gasteiger partial charge in [0.1, 0.15) is 30.7 Å². The highest BCUT2D eigenvalue weighted by molar-refractivity contribution is 8.76. The molecule has 2 aliphatic rings. The molecule has 4 rings (SSSR count). The minimum absolute atomic E-state index is 0.105. The molecule has 0 radical (unpaired) electrons. The van der Waals surface area contributed by atoms with Gasteiger partial charge in [-0.05, 0) is 6.07 Å². The Morgan fingerprint density at radius 3 is 2.33 bits per heavy atom. The van der Waals surface area contributed by atoms with Gasteiger partial charge in [0.05, 0.1) is 32.6 Å². The maximum Gasteiger partial charge on any atom is 0.411 e. The Labute approximate surface area is 250 Å². The Bertz CT molecular complexity index is 1590. The Morgan fingerprint density at radius 1 is 0.952 bits per heavy atom. The third kappa shape index (κ3) is 8.14. The van der Waals surface area contributed by atoms with Gasteiger partial charge in [0.15, 0.2) is 24.4 Å². The van der Waals surface area contributed by atoms with Crippen LogP contribution in [0.1, 0.15) is 12.8 Å². The second-order valence-corrected chi connectivity index (χ2v) is 11.7. The average Bonchev–Trinajstić information content (AvgIpc) is 3.01. The summed E-state index contributed by atoms with van der Waals surface area (Å²) >= 11 is 0. The molecule has 0 saturated heterocycles. The van der Waals surface area contributed by atoms with Gasteiger partial charge in [0.2, 0.25) is 5.36 Å². The fourth-order valence-electron chi connectivity index (χ4n) is 4.24. The van der Waals surface area contributed by atoms with Crippen molar-refractivity contribution in [2.24, 2.45) is 0 Å². The van der Waals surface area contributed by atoms with E-state index in [4.69, 9.17) is 28.7 Å². The molecule has 0 unspecified atom stereocenters. The Hall–Kier alpha value is -3.81. The van der Waals surface area contributed by atoms with E-state index >= 15 is 0 Å². The number of nitrogens with one attached hydrogen (secondary N) is 1. The molecule has 42 heavy (non-hydrogen) atoms. The number of anilines is 1. The highest BCUT2D eigenvalue weighted by Gasteiger charge is 2.18. The summed E-state index contributed by atoms with van der Waals surface area (Å²) in [5.74, 6) is 0.983. The van der Waals surface area contributed by atoms with Crippen molar-refractivity contribution in [1.29, 1.82) is 0 Å². The van der Waals surface area contributed by atoms with E-state index in [1.807, 2.05) is 41.0 Å². The lowest BCUT2D eigenvalue weighted by Crippen LogP contribution is -2.34. The van der Waals surface area contributed by atoms with Crippen molar-refractivity contribution >= 4 is 67.2 Å². The van der Waals surface area contributed by atoms with Crippen LogP contribution in [0.5, 0.6) is 0 Å². The standard InChI is InChI=1S/C29H31N3O8S2/c1-37-26(34)9-11-32(12-10-27(35)38-2)19-7-8-22-24(17-19)40-25-18-23(20-5-3-4-6-21(20)28(25)30-22)31-29(36)39-14-16-42-41-15-13-33/h3-8,17-18,33H,9-16H2,1-2H3/p+1. The normalized spacial score (nSPS) is 11.0. The van der Waals surface area contributed by atoms with Crippen LogP contribution < -0.4 is 15.2 Å². The summed E-state index contributed by atoms with van der Waals surface area (Å²) in [6.45, 7) is 0.987. The molecule has 222 valence electrons. The van der Waals surface area contributed by atoms with Gasteiger partial charge >= 0.3 is 18.0 Å². The highest BCUT2D eigenvalue weighted by atomic mass is 33.1. The third-order valence-corrected chi connectivity index (χ3v) is 8.61. The second-order valence-electron chi connectivity index (χ2n) is 8.95. The number of ether oxygens (including phenoxy) is 3. The van der Waals surface area contributed by atoms with Crippen molar-refractivity contribution in [3.63, 3.8) is 0 Å². The fourth-order valence-corrected chi connectivity index (χ4v) is 5.84. The minimum atomic E-state index is -0.588. The van der Waals surface area contributed by atoms with Gasteiger partial charge in [-0.25, -0.2) is 14.4 Å². The van der Waals surface area contributed by atoms with E-state index in [0.717, 1.165) is 16.1 Å². The molecular weight excluding hydrogens is 582 g/mol. The van der Waals surface area contributed by atoms with Gasteiger partial charge in [-0.3, -0.25) is 14.9 Å². The molecule has 1 aliphatic carbocycles. The van der Waals surface area contributed by atoms with Crippen molar-refractivity contribution in [3.05, 3.63) is 53.9 Å². The molecule has 13 heteroatoms. The zero-order valence-electron chi connectivity index (χ0n) is 23.3. The summed E-state index contributed by atoms with van der Waals surface area (Å²) < 4.78 is 23.1. The maximum absolute atomic E-state index is 12.6. The molecule has 0 fully saturated rings. The number of benzene rings is 3. The van der Waals surface area contributed by atoms with Crippen molar-refractivity contribution in [2.45, 2.75) is 12.8 Å². The molecule has 1 amide bonds. The molecule has 0 saturated carbocycles. The van der Waals surface area contributed by atoms with Crippen molar-refractivity contribution < 1.29 is 38.1 Å². The van der Waals surface area contributed by atoms with Crippen molar-refractivity contribution in [1.82, 2.24) is 9.56 Å². The molecule has 2 aromatic rings. The predicted molar refractivity (Wildman–Crippen MR) is 163 cm³/mol. The summed E-state index contributed by atoms with van der Waals surface area (Å²) in [4.78, 5) is 41.0. The van der Waals surface area contributed by atoms with Crippen LogP contribution in [0.15, 0.2) is 52.9 Å². The van der Waals surface area contributed by atoms with E-state index in [-0.39, 0.29) is 38.0 Å². The monoisotopic (exact) mass is 614 g/mol. The van der Waals surface area contributed by atoms with E-state index in [2.05, 4.69) is 5.32 Å². The molecule has 2 N–H and O–H groups in total. The zero-order chi connectivity index (χ0) is 29.9. The molecule has 0 bridgehead atoms. The number of methoxy groups -OCH3 is 2. The van der Waals surface area contributed by atoms with Gasteiger partial charge in [-0.2, -0.15) is 0 Å². The first-order chi connectivity index (χ1) is 20.4. The molecule has 0 aromatic heterocycles. The molecule has 0 spiro atoms. The lowest BCUT2D eigenvalue weighted by Gasteiger charge is -2.13. The van der Waals surface area contributed by atoms with Crippen LogP contribution in [0.3, 0.4) is 0 Å². The largest absolute Gasteiger partial charge is 0.469 e. The first kappa shape index (κ1) is 31.1. The van der Waals surface area contributed by atoms with E-state index < -0.39 is 6.09 Å². The van der Waals surface area contributed by atoms with Crippen LogP contribution in [-0.2, 0) is 23.8 Å². The molecule has 11 nitrogen and oxygen atoms in total. The van der Waals surface area contributed by atoms with Gasteiger partial charge in [0, 0.05) is 34.4 Å². The number of carbonyl (C=O) groups excluding carboxylic acids is 3. The quantitative estimate of drug-likeness (QED) is 0.0431. The fraction of sp³-hybridized carbons (Fsp3) is 0.345. The zero-order valence-corrected chi connectivity index (χ0v) is 24.9. The van der Waals surface area contributed by atoms with Crippen molar-refractivity contribution in [3.8, 4) is 11.5 Å². The Kier molecular flexibility index (Phi) is 11.4. The number of aliphatic hydroxyl groups is 1. The summed E-state index contributed by atoms with van der Waals surface area (Å²) in [6.07, 6.45) is -0.310. The first-order valence-corrected chi connectivity index (χ1v) is 15.7. The molecular formula is C29H32N3O8S2+. The number of fused-ring (bicyclic) bond motifs is 4. The summed E-state index contributed by atoms with van der Waals surface area (Å²) in [5.41, 5.74) is 2.23. The lowest BCUT2D eigenvalue weighted by molar-refractivity contribution is -0.140.